The van der Waals surface area contributed by atoms with E-state index < -0.39 is 10.0 Å². The van der Waals surface area contributed by atoms with Crippen LogP contribution in [0.1, 0.15) is 32.1 Å². The Morgan fingerprint density at radius 3 is 2.47 bits per heavy atom. The molecule has 3 rings (SSSR count). The minimum atomic E-state index is -3.35. The van der Waals surface area contributed by atoms with E-state index in [9.17, 15) is 8.42 Å². The van der Waals surface area contributed by atoms with Gasteiger partial charge in [-0.1, -0.05) is 24.4 Å². The van der Waals surface area contributed by atoms with Crippen molar-refractivity contribution < 1.29 is 8.42 Å². The Hall–Kier alpha value is -0.580. The molecule has 2 fully saturated rings. The third kappa shape index (κ3) is 2.41. The zero-order valence-corrected chi connectivity index (χ0v) is 12.3. The first-order valence-corrected chi connectivity index (χ1v) is 8.68. The zero-order valence-electron chi connectivity index (χ0n) is 10.8. The van der Waals surface area contributed by atoms with Gasteiger partial charge < -0.3 is 0 Å². The normalized spacial score (nSPS) is 28.3. The first-order chi connectivity index (χ1) is 9.09. The minimum Gasteiger partial charge on any atom is -0.207 e. The van der Waals surface area contributed by atoms with Crippen LogP contribution in [0.25, 0.3) is 0 Å². The Labute approximate surface area is 119 Å². The molecular formula is C14H18ClNO2S. The van der Waals surface area contributed by atoms with E-state index >= 15 is 0 Å². The van der Waals surface area contributed by atoms with Crippen molar-refractivity contribution in [2.75, 3.05) is 6.54 Å². The molecule has 3 nitrogen and oxygen atoms in total. The average molecular weight is 300 g/mol. The van der Waals surface area contributed by atoms with Crippen LogP contribution in [0.2, 0.25) is 5.02 Å². The Balaban J connectivity index is 1.90. The van der Waals surface area contributed by atoms with Gasteiger partial charge in [0.1, 0.15) is 0 Å². The Morgan fingerprint density at radius 2 is 1.74 bits per heavy atom. The average Bonchev–Trinajstić information content (AvgIpc) is 2.83. The number of sulfonamides is 1. The van der Waals surface area contributed by atoms with Gasteiger partial charge in [0.15, 0.2) is 0 Å². The first-order valence-electron chi connectivity index (χ1n) is 6.86. The first kappa shape index (κ1) is 13.4. The van der Waals surface area contributed by atoms with Crippen molar-refractivity contribution in [1.29, 1.82) is 0 Å². The molecule has 19 heavy (non-hydrogen) atoms. The molecule has 0 spiro atoms. The predicted molar refractivity (Wildman–Crippen MR) is 75.7 cm³/mol. The summed E-state index contributed by atoms with van der Waals surface area (Å²) in [5.74, 6) is 0.566. The van der Waals surface area contributed by atoms with Crippen LogP contribution in [0.3, 0.4) is 0 Å². The van der Waals surface area contributed by atoms with Gasteiger partial charge in [-0.3, -0.25) is 0 Å². The molecule has 1 aromatic rings. The van der Waals surface area contributed by atoms with Crippen molar-refractivity contribution in [2.45, 2.75) is 43.0 Å². The summed E-state index contributed by atoms with van der Waals surface area (Å²) in [6, 6.07) is 6.71. The minimum absolute atomic E-state index is 0.217. The van der Waals surface area contributed by atoms with Gasteiger partial charge in [-0.05, 0) is 49.4 Å². The van der Waals surface area contributed by atoms with Gasteiger partial charge in [0.25, 0.3) is 0 Å². The number of rotatable bonds is 2. The molecule has 1 saturated heterocycles. The third-order valence-corrected chi connectivity index (χ3v) is 6.57. The summed E-state index contributed by atoms with van der Waals surface area (Å²) in [5.41, 5.74) is 0. The van der Waals surface area contributed by atoms with Gasteiger partial charge in [-0.15, -0.1) is 0 Å². The van der Waals surface area contributed by atoms with Crippen LogP contribution in [-0.2, 0) is 10.0 Å². The summed E-state index contributed by atoms with van der Waals surface area (Å²) >= 11 is 5.82. The maximum Gasteiger partial charge on any atom is 0.243 e. The molecule has 0 bridgehead atoms. The van der Waals surface area contributed by atoms with Gasteiger partial charge >= 0.3 is 0 Å². The monoisotopic (exact) mass is 299 g/mol. The van der Waals surface area contributed by atoms with Gasteiger partial charge in [-0.25, -0.2) is 8.42 Å². The fraction of sp³-hybridized carbons (Fsp3) is 0.571. The summed E-state index contributed by atoms with van der Waals surface area (Å²) in [6.45, 7) is 0.667. The molecule has 1 aromatic carbocycles. The second-order valence-electron chi connectivity index (χ2n) is 5.47. The van der Waals surface area contributed by atoms with Crippen LogP contribution in [0.15, 0.2) is 29.2 Å². The SMILES string of the molecule is O=S(=O)(c1ccc(Cl)cc1)N1CCC2CCCCC21. The van der Waals surface area contributed by atoms with Gasteiger partial charge in [0.05, 0.1) is 4.90 Å². The highest BCUT2D eigenvalue weighted by molar-refractivity contribution is 7.89. The van der Waals surface area contributed by atoms with E-state index in [1.807, 2.05) is 0 Å². The topological polar surface area (TPSA) is 37.4 Å². The summed E-state index contributed by atoms with van der Waals surface area (Å²) in [5, 5.41) is 0.566. The summed E-state index contributed by atoms with van der Waals surface area (Å²) in [7, 11) is -3.35. The number of hydrogen-bond donors (Lipinski definition) is 0. The smallest absolute Gasteiger partial charge is 0.207 e. The van der Waals surface area contributed by atoms with Crippen molar-refractivity contribution in [3.63, 3.8) is 0 Å². The number of hydrogen-bond acceptors (Lipinski definition) is 2. The van der Waals surface area contributed by atoms with Crippen LogP contribution < -0.4 is 0 Å². The van der Waals surface area contributed by atoms with Crippen molar-refractivity contribution in [3.05, 3.63) is 29.3 Å². The standard InChI is InChI=1S/C14H18ClNO2S/c15-12-5-7-13(8-6-12)19(17,18)16-10-9-11-3-1-2-4-14(11)16/h5-8,11,14H,1-4,9-10H2. The third-order valence-electron chi connectivity index (χ3n) is 4.38. The van der Waals surface area contributed by atoms with Crippen molar-refractivity contribution in [2.24, 2.45) is 5.92 Å². The van der Waals surface area contributed by atoms with Crippen molar-refractivity contribution >= 4 is 21.6 Å². The maximum atomic E-state index is 12.7. The maximum absolute atomic E-state index is 12.7. The molecule has 1 heterocycles. The second kappa shape index (κ2) is 5.08. The van der Waals surface area contributed by atoms with E-state index in [1.165, 1.54) is 12.8 Å². The quantitative estimate of drug-likeness (QED) is 0.840. The van der Waals surface area contributed by atoms with Crippen LogP contribution >= 0.6 is 11.6 Å². The van der Waals surface area contributed by atoms with Crippen LogP contribution in [0, 0.1) is 5.92 Å². The van der Waals surface area contributed by atoms with Crippen molar-refractivity contribution in [3.8, 4) is 0 Å². The fourth-order valence-electron chi connectivity index (χ4n) is 3.40. The van der Waals surface area contributed by atoms with Crippen molar-refractivity contribution in [1.82, 2.24) is 4.31 Å². The molecule has 0 aromatic heterocycles. The Kier molecular flexibility index (Phi) is 3.58. The van der Waals surface area contributed by atoms with Crippen LogP contribution in [0.4, 0.5) is 0 Å². The van der Waals surface area contributed by atoms with E-state index in [0.717, 1.165) is 19.3 Å². The van der Waals surface area contributed by atoms with E-state index in [-0.39, 0.29) is 6.04 Å². The van der Waals surface area contributed by atoms with Gasteiger partial charge in [0, 0.05) is 17.6 Å². The zero-order chi connectivity index (χ0) is 13.5. The van der Waals surface area contributed by atoms with Crippen LogP contribution in [0.5, 0.6) is 0 Å². The molecular weight excluding hydrogens is 282 g/mol. The summed E-state index contributed by atoms with van der Waals surface area (Å²) < 4.78 is 27.1. The molecule has 1 saturated carbocycles. The van der Waals surface area contributed by atoms with E-state index in [1.54, 1.807) is 28.6 Å². The van der Waals surface area contributed by atoms with E-state index in [4.69, 9.17) is 11.6 Å². The summed E-state index contributed by atoms with van der Waals surface area (Å²) in [4.78, 5) is 0.364. The number of fused-ring (bicyclic) bond motifs is 1. The molecule has 1 aliphatic carbocycles. The number of nitrogens with zero attached hydrogens (tertiary/aromatic N) is 1. The van der Waals surface area contributed by atoms with E-state index in [0.29, 0.717) is 22.4 Å². The molecule has 104 valence electrons. The molecule has 2 aliphatic rings. The molecule has 0 N–H and O–H groups in total. The van der Waals surface area contributed by atoms with E-state index in [2.05, 4.69) is 0 Å². The highest BCUT2D eigenvalue weighted by Gasteiger charge is 2.42. The predicted octanol–water partition coefficient (Wildman–Crippen LogP) is 3.29. The molecule has 2 unspecified atom stereocenters. The Bertz CT molecular complexity index is 555. The molecule has 0 amide bonds. The largest absolute Gasteiger partial charge is 0.243 e. The molecule has 0 radical (unpaired) electrons. The lowest BCUT2D eigenvalue weighted by molar-refractivity contribution is 0.260. The molecule has 2 atom stereocenters. The lowest BCUT2D eigenvalue weighted by Crippen LogP contribution is -2.39. The number of halogens is 1. The fourth-order valence-corrected chi connectivity index (χ4v) is 5.26. The highest BCUT2D eigenvalue weighted by Crippen LogP contribution is 2.39. The Morgan fingerprint density at radius 1 is 1.05 bits per heavy atom. The lowest BCUT2D eigenvalue weighted by Gasteiger charge is -2.31. The second-order valence-corrected chi connectivity index (χ2v) is 7.80. The van der Waals surface area contributed by atoms with Gasteiger partial charge in [0.2, 0.25) is 10.0 Å². The molecule has 1 aliphatic heterocycles. The summed E-state index contributed by atoms with van der Waals surface area (Å²) in [6.07, 6.45) is 5.59. The van der Waals surface area contributed by atoms with Gasteiger partial charge in [-0.2, -0.15) is 4.31 Å². The number of benzene rings is 1. The lowest BCUT2D eigenvalue weighted by atomic mass is 9.86. The highest BCUT2D eigenvalue weighted by atomic mass is 35.5. The molecule has 5 heteroatoms. The van der Waals surface area contributed by atoms with Crippen LogP contribution in [-0.4, -0.2) is 25.3 Å².